The standard InChI is InChI=1S/C9H16S/c1-10-6-9-5-7-2-3-8(9)4-7/h7-9H,2-6H2,1H3. The van der Waals surface area contributed by atoms with Crippen molar-refractivity contribution in [2.45, 2.75) is 25.7 Å². The Morgan fingerprint density at radius 3 is 2.70 bits per heavy atom. The Bertz CT molecular complexity index is 122. The summed E-state index contributed by atoms with van der Waals surface area (Å²) in [5, 5.41) is 0. The predicted molar refractivity (Wildman–Crippen MR) is 47.3 cm³/mol. The lowest BCUT2D eigenvalue weighted by atomic mass is 9.90. The number of rotatable bonds is 2. The van der Waals surface area contributed by atoms with Gasteiger partial charge in [-0.1, -0.05) is 6.42 Å². The maximum atomic E-state index is 2.24. The zero-order valence-corrected chi connectivity index (χ0v) is 7.49. The number of thioether (sulfide) groups is 1. The maximum absolute atomic E-state index is 2.24. The highest BCUT2D eigenvalue weighted by Gasteiger charge is 2.38. The fraction of sp³-hybridized carbons (Fsp3) is 1.00. The maximum Gasteiger partial charge on any atom is -0.00392 e. The highest BCUT2D eigenvalue weighted by Crippen LogP contribution is 2.48. The number of hydrogen-bond donors (Lipinski definition) is 0. The van der Waals surface area contributed by atoms with Crippen LogP contribution in [0.3, 0.4) is 0 Å². The second kappa shape index (κ2) is 2.77. The molecule has 2 bridgehead atoms. The van der Waals surface area contributed by atoms with Crippen LogP contribution in [0.15, 0.2) is 0 Å². The van der Waals surface area contributed by atoms with Crippen molar-refractivity contribution in [1.82, 2.24) is 0 Å². The molecule has 3 unspecified atom stereocenters. The first-order valence-corrected chi connectivity index (χ1v) is 5.78. The van der Waals surface area contributed by atoms with Gasteiger partial charge in [-0.15, -0.1) is 0 Å². The Hall–Kier alpha value is 0.350. The van der Waals surface area contributed by atoms with Crippen LogP contribution in [0, 0.1) is 17.8 Å². The first kappa shape index (κ1) is 7.02. The van der Waals surface area contributed by atoms with Crippen LogP contribution in [0.5, 0.6) is 0 Å². The van der Waals surface area contributed by atoms with E-state index in [0.29, 0.717) is 0 Å². The molecule has 2 aliphatic carbocycles. The lowest BCUT2D eigenvalue weighted by Crippen LogP contribution is -2.12. The van der Waals surface area contributed by atoms with Gasteiger partial charge < -0.3 is 0 Å². The van der Waals surface area contributed by atoms with E-state index in [1.54, 1.807) is 25.7 Å². The van der Waals surface area contributed by atoms with E-state index in [-0.39, 0.29) is 0 Å². The van der Waals surface area contributed by atoms with Gasteiger partial charge in [0.25, 0.3) is 0 Å². The van der Waals surface area contributed by atoms with Gasteiger partial charge in [0.2, 0.25) is 0 Å². The minimum atomic E-state index is 1.11. The van der Waals surface area contributed by atoms with Crippen LogP contribution in [0.2, 0.25) is 0 Å². The summed E-state index contributed by atoms with van der Waals surface area (Å²) in [5.74, 6) is 4.81. The SMILES string of the molecule is CSCC1CC2CCC1C2. The van der Waals surface area contributed by atoms with Crippen molar-refractivity contribution < 1.29 is 0 Å². The molecule has 0 aliphatic heterocycles. The van der Waals surface area contributed by atoms with Crippen LogP contribution in [0.25, 0.3) is 0 Å². The Balaban J connectivity index is 1.90. The van der Waals surface area contributed by atoms with Crippen LogP contribution >= 0.6 is 11.8 Å². The third-order valence-corrected chi connectivity index (χ3v) is 4.03. The Labute approximate surface area is 67.8 Å². The molecule has 2 saturated carbocycles. The highest BCUT2D eigenvalue weighted by atomic mass is 32.2. The first-order chi connectivity index (χ1) is 4.90. The topological polar surface area (TPSA) is 0 Å². The summed E-state index contributed by atoms with van der Waals surface area (Å²) in [6, 6.07) is 0. The molecule has 2 fully saturated rings. The lowest BCUT2D eigenvalue weighted by molar-refractivity contribution is 0.366. The predicted octanol–water partition coefficient (Wildman–Crippen LogP) is 2.79. The largest absolute Gasteiger partial charge is 0.165 e. The van der Waals surface area contributed by atoms with Crippen molar-refractivity contribution in [2.75, 3.05) is 12.0 Å². The first-order valence-electron chi connectivity index (χ1n) is 4.39. The van der Waals surface area contributed by atoms with Gasteiger partial charge in [0, 0.05) is 0 Å². The molecule has 58 valence electrons. The molecule has 2 aliphatic rings. The molecule has 0 spiro atoms. The average molecular weight is 156 g/mol. The van der Waals surface area contributed by atoms with E-state index in [4.69, 9.17) is 0 Å². The summed E-state index contributed by atoms with van der Waals surface area (Å²) < 4.78 is 0. The minimum absolute atomic E-state index is 1.11. The number of fused-ring (bicyclic) bond motifs is 2. The van der Waals surface area contributed by atoms with Gasteiger partial charge in [-0.2, -0.15) is 11.8 Å². The van der Waals surface area contributed by atoms with Gasteiger partial charge in [0.1, 0.15) is 0 Å². The van der Waals surface area contributed by atoms with E-state index in [2.05, 4.69) is 6.26 Å². The summed E-state index contributed by atoms with van der Waals surface area (Å²) in [4.78, 5) is 0. The van der Waals surface area contributed by atoms with Crippen LogP contribution in [-0.4, -0.2) is 12.0 Å². The van der Waals surface area contributed by atoms with Crippen molar-refractivity contribution in [2.24, 2.45) is 17.8 Å². The van der Waals surface area contributed by atoms with Crippen molar-refractivity contribution >= 4 is 11.8 Å². The second-order valence-corrected chi connectivity index (χ2v) is 4.80. The fourth-order valence-electron chi connectivity index (χ4n) is 2.79. The molecule has 3 atom stereocenters. The molecule has 0 aromatic heterocycles. The van der Waals surface area contributed by atoms with Crippen LogP contribution in [0.4, 0.5) is 0 Å². The molecular weight excluding hydrogens is 140 g/mol. The molecule has 0 aromatic rings. The van der Waals surface area contributed by atoms with Gasteiger partial charge in [0.05, 0.1) is 0 Å². The minimum Gasteiger partial charge on any atom is -0.165 e. The quantitative estimate of drug-likeness (QED) is 0.592. The Kier molecular flexibility index (Phi) is 1.94. The molecule has 0 N–H and O–H groups in total. The van der Waals surface area contributed by atoms with E-state index in [0.717, 1.165) is 17.8 Å². The number of hydrogen-bond acceptors (Lipinski definition) is 1. The van der Waals surface area contributed by atoms with Gasteiger partial charge >= 0.3 is 0 Å². The monoisotopic (exact) mass is 156 g/mol. The molecule has 0 amide bonds. The Morgan fingerprint density at radius 1 is 1.30 bits per heavy atom. The molecule has 0 heterocycles. The second-order valence-electron chi connectivity index (χ2n) is 3.89. The summed E-state index contributed by atoms with van der Waals surface area (Å²) >= 11 is 2.04. The van der Waals surface area contributed by atoms with E-state index >= 15 is 0 Å². The van der Waals surface area contributed by atoms with E-state index in [1.165, 1.54) is 5.75 Å². The lowest BCUT2D eigenvalue weighted by Gasteiger charge is -2.19. The zero-order chi connectivity index (χ0) is 6.97. The van der Waals surface area contributed by atoms with Crippen molar-refractivity contribution in [3.8, 4) is 0 Å². The Morgan fingerprint density at radius 2 is 2.20 bits per heavy atom. The third kappa shape index (κ3) is 1.09. The summed E-state index contributed by atoms with van der Waals surface area (Å²) in [6.45, 7) is 0. The van der Waals surface area contributed by atoms with E-state index < -0.39 is 0 Å². The van der Waals surface area contributed by atoms with Gasteiger partial charge in [-0.3, -0.25) is 0 Å². The summed E-state index contributed by atoms with van der Waals surface area (Å²) in [6.07, 6.45) is 8.48. The molecular formula is C9H16S. The molecule has 2 rings (SSSR count). The van der Waals surface area contributed by atoms with Crippen molar-refractivity contribution in [1.29, 1.82) is 0 Å². The van der Waals surface area contributed by atoms with Crippen molar-refractivity contribution in [3.63, 3.8) is 0 Å². The summed E-state index contributed by atoms with van der Waals surface area (Å²) in [7, 11) is 0. The van der Waals surface area contributed by atoms with E-state index in [1.807, 2.05) is 11.8 Å². The van der Waals surface area contributed by atoms with Crippen LogP contribution in [0.1, 0.15) is 25.7 Å². The van der Waals surface area contributed by atoms with Gasteiger partial charge in [0.15, 0.2) is 0 Å². The molecule has 0 aromatic carbocycles. The molecule has 0 radical (unpaired) electrons. The van der Waals surface area contributed by atoms with Gasteiger partial charge in [-0.05, 0) is 49.0 Å². The van der Waals surface area contributed by atoms with Gasteiger partial charge in [-0.25, -0.2) is 0 Å². The average Bonchev–Trinajstić information content (AvgIpc) is 2.48. The van der Waals surface area contributed by atoms with E-state index in [9.17, 15) is 0 Å². The fourth-order valence-corrected chi connectivity index (χ4v) is 3.63. The summed E-state index contributed by atoms with van der Waals surface area (Å²) in [5.41, 5.74) is 0. The molecule has 10 heavy (non-hydrogen) atoms. The van der Waals surface area contributed by atoms with Crippen LogP contribution in [-0.2, 0) is 0 Å². The third-order valence-electron chi connectivity index (χ3n) is 3.27. The molecule has 0 nitrogen and oxygen atoms in total. The molecule has 1 heteroatoms. The zero-order valence-electron chi connectivity index (χ0n) is 6.68. The highest BCUT2D eigenvalue weighted by molar-refractivity contribution is 7.98. The normalized spacial score (nSPS) is 44.7. The van der Waals surface area contributed by atoms with Crippen molar-refractivity contribution in [3.05, 3.63) is 0 Å². The van der Waals surface area contributed by atoms with Crippen LogP contribution < -0.4 is 0 Å². The smallest absolute Gasteiger partial charge is 0.00392 e. The molecule has 0 saturated heterocycles.